The van der Waals surface area contributed by atoms with E-state index >= 15 is 0 Å². The Bertz CT molecular complexity index is 388. The van der Waals surface area contributed by atoms with E-state index in [0.717, 1.165) is 0 Å². The largest absolute Gasteiger partial charge is 0.460 e. The lowest BCUT2D eigenvalue weighted by atomic mass is 9.87. The average molecular weight is 286 g/mol. The topological polar surface area (TPSA) is 80.3 Å². The first-order valence-corrected chi connectivity index (χ1v) is 6.73. The van der Waals surface area contributed by atoms with Crippen molar-refractivity contribution in [2.24, 2.45) is 0 Å². The van der Waals surface area contributed by atoms with Crippen LogP contribution in [0, 0.1) is 0 Å². The van der Waals surface area contributed by atoms with Crippen molar-refractivity contribution in [3.8, 4) is 0 Å². The van der Waals surface area contributed by atoms with Gasteiger partial charge in [-0.1, -0.05) is 6.92 Å². The second-order valence-corrected chi connectivity index (χ2v) is 4.93. The zero-order valence-corrected chi connectivity index (χ0v) is 12.0. The fraction of sp³-hybridized carbons (Fsp3) is 0.833. The lowest BCUT2D eigenvalue weighted by Gasteiger charge is -2.23. The van der Waals surface area contributed by atoms with Gasteiger partial charge in [0.25, 0.3) is 0 Å². The molecule has 0 aliphatic carbocycles. The molecule has 20 heavy (non-hydrogen) atoms. The Hall–Kier alpha value is -1.12. The molecular formula is C12H19BO7. The number of rotatable bonds is 4. The van der Waals surface area contributed by atoms with Crippen LogP contribution in [0.1, 0.15) is 27.7 Å². The first kappa shape index (κ1) is 15.3. The Morgan fingerprint density at radius 1 is 1.20 bits per heavy atom. The first-order valence-electron chi connectivity index (χ1n) is 6.73. The monoisotopic (exact) mass is 286 g/mol. The predicted octanol–water partition coefficient (Wildman–Crippen LogP) is 0.518. The highest BCUT2D eigenvalue weighted by molar-refractivity contribution is 6.45. The third-order valence-electron chi connectivity index (χ3n) is 3.25. The van der Waals surface area contributed by atoms with Crippen molar-refractivity contribution in [3.63, 3.8) is 0 Å². The molecule has 112 valence electrons. The molecule has 0 saturated carbocycles. The molecular weight excluding hydrogens is 267 g/mol. The highest BCUT2D eigenvalue weighted by atomic mass is 16.8. The summed E-state index contributed by atoms with van der Waals surface area (Å²) >= 11 is 0. The Morgan fingerprint density at radius 3 is 2.40 bits per heavy atom. The van der Waals surface area contributed by atoms with Crippen LogP contribution < -0.4 is 0 Å². The van der Waals surface area contributed by atoms with Gasteiger partial charge in [0.05, 0.1) is 0 Å². The van der Waals surface area contributed by atoms with Gasteiger partial charge in [0, 0.05) is 13.8 Å². The maximum Gasteiger partial charge on any atom is 0.457 e. The summed E-state index contributed by atoms with van der Waals surface area (Å²) in [7, 11) is -0.362. The number of carbonyl (C=O) groups excluding carboxylic acids is 2. The van der Waals surface area contributed by atoms with E-state index in [0.29, 0.717) is 6.32 Å². The van der Waals surface area contributed by atoms with Crippen LogP contribution in [0.25, 0.3) is 0 Å². The number of hydrogen-bond acceptors (Lipinski definition) is 7. The minimum atomic E-state index is -0.836. The van der Waals surface area contributed by atoms with Crippen molar-refractivity contribution < 1.29 is 33.1 Å². The zero-order chi connectivity index (χ0) is 14.9. The molecule has 2 saturated heterocycles. The molecule has 0 aromatic heterocycles. The van der Waals surface area contributed by atoms with Crippen LogP contribution in [0.4, 0.5) is 0 Å². The van der Waals surface area contributed by atoms with Gasteiger partial charge in [0.2, 0.25) is 6.29 Å². The smallest absolute Gasteiger partial charge is 0.457 e. The van der Waals surface area contributed by atoms with E-state index < -0.39 is 42.6 Å². The maximum atomic E-state index is 11.1. The summed E-state index contributed by atoms with van der Waals surface area (Å²) < 4.78 is 27.2. The molecule has 0 radical (unpaired) electrons. The highest BCUT2D eigenvalue weighted by Crippen LogP contribution is 2.36. The van der Waals surface area contributed by atoms with Gasteiger partial charge in [-0.15, -0.1) is 0 Å². The Kier molecular flexibility index (Phi) is 4.67. The minimum Gasteiger partial charge on any atom is -0.460 e. The molecule has 0 aromatic rings. The Balaban J connectivity index is 2.09. The predicted molar refractivity (Wildman–Crippen MR) is 67.6 cm³/mol. The number of carbonyl (C=O) groups is 2. The van der Waals surface area contributed by atoms with Gasteiger partial charge in [-0.05, 0) is 13.2 Å². The summed E-state index contributed by atoms with van der Waals surface area (Å²) in [5.74, 6) is -0.863. The summed E-state index contributed by atoms with van der Waals surface area (Å²) in [6, 6.07) is 0. The van der Waals surface area contributed by atoms with Crippen LogP contribution in [-0.4, -0.2) is 49.8 Å². The molecule has 0 spiro atoms. The van der Waals surface area contributed by atoms with Gasteiger partial charge in [-0.3, -0.25) is 9.59 Å². The van der Waals surface area contributed by atoms with E-state index in [9.17, 15) is 9.59 Å². The van der Waals surface area contributed by atoms with Gasteiger partial charge >= 0.3 is 19.1 Å². The maximum absolute atomic E-state index is 11.1. The average Bonchev–Trinajstić information content (AvgIpc) is 2.87. The van der Waals surface area contributed by atoms with Gasteiger partial charge in [-0.2, -0.15) is 0 Å². The third kappa shape index (κ3) is 3.13. The molecule has 7 nitrogen and oxygen atoms in total. The van der Waals surface area contributed by atoms with Crippen molar-refractivity contribution in [1.29, 1.82) is 0 Å². The normalized spacial score (nSPS) is 33.7. The van der Waals surface area contributed by atoms with Crippen LogP contribution >= 0.6 is 0 Å². The van der Waals surface area contributed by atoms with Gasteiger partial charge in [0.1, 0.15) is 24.4 Å². The number of fused-ring (bicyclic) bond motifs is 1. The summed E-state index contributed by atoms with van der Waals surface area (Å²) in [6.07, 6.45) is -2.11. The zero-order valence-electron chi connectivity index (χ0n) is 12.0. The lowest BCUT2D eigenvalue weighted by Crippen LogP contribution is -2.38. The molecule has 0 aromatic carbocycles. The molecule has 2 heterocycles. The number of hydrogen-bond donors (Lipinski definition) is 0. The van der Waals surface area contributed by atoms with Crippen molar-refractivity contribution >= 4 is 19.1 Å². The molecule has 5 atom stereocenters. The van der Waals surface area contributed by atoms with E-state index in [1.54, 1.807) is 6.92 Å². The third-order valence-corrected chi connectivity index (χ3v) is 3.25. The van der Waals surface area contributed by atoms with Gasteiger partial charge < -0.3 is 23.5 Å². The highest BCUT2D eigenvalue weighted by Gasteiger charge is 2.56. The molecule has 8 heteroatoms. The van der Waals surface area contributed by atoms with Crippen molar-refractivity contribution in [3.05, 3.63) is 0 Å². The molecule has 2 fully saturated rings. The lowest BCUT2D eigenvalue weighted by molar-refractivity contribution is -0.194. The van der Waals surface area contributed by atoms with E-state index in [1.807, 2.05) is 6.92 Å². The van der Waals surface area contributed by atoms with E-state index in [1.165, 1.54) is 13.8 Å². The van der Waals surface area contributed by atoms with E-state index in [2.05, 4.69) is 0 Å². The molecule has 2 aliphatic heterocycles. The van der Waals surface area contributed by atoms with Gasteiger partial charge in [0.15, 0.2) is 0 Å². The Labute approximate surface area is 118 Å². The molecule has 0 amide bonds. The van der Waals surface area contributed by atoms with Gasteiger partial charge in [-0.25, -0.2) is 0 Å². The Morgan fingerprint density at radius 2 is 1.85 bits per heavy atom. The summed E-state index contributed by atoms with van der Waals surface area (Å²) in [5.41, 5.74) is 0. The quantitative estimate of drug-likeness (QED) is 0.550. The second kappa shape index (κ2) is 6.11. The van der Waals surface area contributed by atoms with Crippen molar-refractivity contribution in [2.75, 3.05) is 0 Å². The molecule has 0 bridgehead atoms. The van der Waals surface area contributed by atoms with Crippen LogP contribution in [0.2, 0.25) is 6.32 Å². The van der Waals surface area contributed by atoms with Crippen LogP contribution in [0.3, 0.4) is 0 Å². The summed E-state index contributed by atoms with van der Waals surface area (Å²) in [5, 5.41) is 0. The van der Waals surface area contributed by atoms with Crippen molar-refractivity contribution in [1.82, 2.24) is 0 Å². The fourth-order valence-corrected chi connectivity index (χ4v) is 2.49. The second-order valence-electron chi connectivity index (χ2n) is 4.93. The standard InChI is InChI=1S/C12H19BO7/c1-5-13-19-10-9(6(2)16-7(3)14)18-12(11(10)20-13)17-8(4)15/h6,9-12H,5H2,1-4H3. The molecule has 2 aliphatic rings. The fourth-order valence-electron chi connectivity index (χ4n) is 2.49. The van der Waals surface area contributed by atoms with Crippen LogP contribution in [0.5, 0.6) is 0 Å². The van der Waals surface area contributed by atoms with E-state index in [4.69, 9.17) is 23.5 Å². The first-order chi connectivity index (χ1) is 9.42. The minimum absolute atomic E-state index is 0.362. The molecule has 0 N–H and O–H groups in total. The molecule has 5 unspecified atom stereocenters. The van der Waals surface area contributed by atoms with Crippen LogP contribution in [-0.2, 0) is 33.1 Å². The summed E-state index contributed by atoms with van der Waals surface area (Å²) in [4.78, 5) is 22.2. The van der Waals surface area contributed by atoms with Crippen molar-refractivity contribution in [2.45, 2.75) is 64.7 Å². The van der Waals surface area contributed by atoms with Crippen LogP contribution in [0.15, 0.2) is 0 Å². The summed E-state index contributed by atoms with van der Waals surface area (Å²) in [6.45, 7) is 6.27. The SMILES string of the molecule is CCB1OC2C(OC(C)=O)OC(C(C)OC(C)=O)C2O1. The van der Waals surface area contributed by atoms with E-state index in [-0.39, 0.29) is 7.12 Å². The number of esters is 2. The molecule has 2 rings (SSSR count). The number of ether oxygens (including phenoxy) is 3.